The van der Waals surface area contributed by atoms with Crippen LogP contribution < -0.4 is 5.32 Å². The molecule has 9 nitrogen and oxygen atoms in total. The molecule has 3 N–H and O–H groups in total. The zero-order chi connectivity index (χ0) is 35.5. The van der Waals surface area contributed by atoms with Gasteiger partial charge in [-0.25, -0.2) is 13.8 Å². The summed E-state index contributed by atoms with van der Waals surface area (Å²) in [5.41, 5.74) is -0.278. The van der Waals surface area contributed by atoms with Crippen LogP contribution in [0.15, 0.2) is 35.5 Å². The summed E-state index contributed by atoms with van der Waals surface area (Å²) < 4.78 is 44.1. The number of aromatic nitrogens is 1. The van der Waals surface area contributed by atoms with Crippen molar-refractivity contribution in [2.45, 2.75) is 88.7 Å². The Morgan fingerprint density at radius 2 is 1.90 bits per heavy atom. The average molecular weight is 700 g/mol. The fraction of sp³-hybridized carbons (Fsp3) is 0.550. The fourth-order valence-corrected chi connectivity index (χ4v) is 9.77. The Morgan fingerprint density at radius 3 is 2.69 bits per heavy atom. The molecule has 1 aromatic heterocycles. The van der Waals surface area contributed by atoms with Crippen LogP contribution in [0.4, 0.5) is 14.5 Å². The molecule has 3 aliphatic heterocycles. The molecule has 4 heterocycles. The summed E-state index contributed by atoms with van der Waals surface area (Å²) in [6.45, 7) is 5.20. The van der Waals surface area contributed by atoms with Gasteiger partial charge < -0.3 is 29.9 Å². The minimum Gasteiger partial charge on any atom is -0.508 e. The number of nitrogens with one attached hydrogen (secondary N) is 1. The molecule has 8 rings (SSSR count). The number of β-amino-alcohol motifs (C(OH)–C–C–N with tert-alkyl or cyclic N) is 1. The van der Waals surface area contributed by atoms with Gasteiger partial charge in [0, 0.05) is 61.5 Å². The van der Waals surface area contributed by atoms with Gasteiger partial charge in [0.15, 0.2) is 5.82 Å². The number of halogens is 2. The molecule has 2 aliphatic carbocycles. The molecule has 0 radical (unpaired) electrons. The van der Waals surface area contributed by atoms with Crippen molar-refractivity contribution in [1.82, 2.24) is 14.8 Å². The maximum Gasteiger partial charge on any atom is 0.227 e. The molecule has 4 atom stereocenters. The normalized spacial score (nSPS) is 30.6. The minimum absolute atomic E-state index is 0.00481. The molecule has 2 unspecified atom stereocenters. The summed E-state index contributed by atoms with van der Waals surface area (Å²) in [5.74, 6) is 2.11. The molecule has 4 fully saturated rings. The average Bonchev–Trinajstić information content (AvgIpc) is 3.53. The highest BCUT2D eigenvalue weighted by Crippen LogP contribution is 2.51. The predicted octanol–water partition coefficient (Wildman–Crippen LogP) is 6.25. The van der Waals surface area contributed by atoms with Gasteiger partial charge in [0.2, 0.25) is 6.35 Å². The smallest absolute Gasteiger partial charge is 0.227 e. The summed E-state index contributed by atoms with van der Waals surface area (Å²) in [7, 11) is 1.78. The van der Waals surface area contributed by atoms with Crippen LogP contribution in [0.25, 0.3) is 22.0 Å². The van der Waals surface area contributed by atoms with E-state index in [4.69, 9.17) is 20.9 Å². The van der Waals surface area contributed by atoms with Crippen LogP contribution in [0.2, 0.25) is 0 Å². The number of piperidine rings is 2. The van der Waals surface area contributed by atoms with E-state index in [1.165, 1.54) is 37.1 Å². The van der Waals surface area contributed by atoms with Gasteiger partial charge in [0.05, 0.1) is 29.0 Å². The lowest BCUT2D eigenvalue weighted by atomic mass is 9.71. The second kappa shape index (κ2) is 13.3. The van der Waals surface area contributed by atoms with Gasteiger partial charge in [-0.05, 0) is 94.3 Å². The van der Waals surface area contributed by atoms with E-state index >= 15 is 4.39 Å². The summed E-state index contributed by atoms with van der Waals surface area (Å²) in [6.07, 6.45) is 15.7. The number of hydrogen-bond donors (Lipinski definition) is 3. The van der Waals surface area contributed by atoms with Crippen molar-refractivity contribution in [2.24, 2.45) is 16.3 Å². The summed E-state index contributed by atoms with van der Waals surface area (Å²) in [4.78, 5) is 14.3. The SMILES string of the molecule is C#Cc1c(F)ccc2cc(O)cc(-c3ncc4c(c3F)NC(OC[C@]35CCCC3N(C3CC(COC)C3)CCC5)N=C4N3CCC[C@@](C)(O)C3)c12. The molecular formula is C40H47F2N5O4. The van der Waals surface area contributed by atoms with Gasteiger partial charge in [-0.1, -0.05) is 18.4 Å². The third-order valence-corrected chi connectivity index (χ3v) is 12.2. The third-order valence-electron chi connectivity index (χ3n) is 12.2. The van der Waals surface area contributed by atoms with Crippen molar-refractivity contribution >= 4 is 22.3 Å². The monoisotopic (exact) mass is 699 g/mol. The number of fused-ring (bicyclic) bond motifs is 3. The number of rotatable bonds is 7. The number of ether oxygens (including phenoxy) is 2. The number of aliphatic hydroxyl groups is 1. The van der Waals surface area contributed by atoms with E-state index in [-0.39, 0.29) is 33.7 Å². The van der Waals surface area contributed by atoms with Gasteiger partial charge in [-0.2, -0.15) is 0 Å². The lowest BCUT2D eigenvalue weighted by Crippen LogP contribution is -2.58. The van der Waals surface area contributed by atoms with Crippen LogP contribution in [-0.4, -0.2) is 94.8 Å². The Kier molecular flexibility index (Phi) is 8.94. The highest BCUT2D eigenvalue weighted by Gasteiger charge is 2.51. The van der Waals surface area contributed by atoms with E-state index in [0.29, 0.717) is 66.3 Å². The van der Waals surface area contributed by atoms with Crippen molar-refractivity contribution < 1.29 is 28.5 Å². The van der Waals surface area contributed by atoms with Crippen molar-refractivity contribution in [3.63, 3.8) is 0 Å². The van der Waals surface area contributed by atoms with Crippen molar-refractivity contribution in [3.8, 4) is 29.4 Å². The molecule has 0 spiro atoms. The van der Waals surface area contributed by atoms with Crippen LogP contribution in [0, 0.1) is 35.3 Å². The highest BCUT2D eigenvalue weighted by molar-refractivity contribution is 6.06. The first-order valence-corrected chi connectivity index (χ1v) is 18.4. The first-order chi connectivity index (χ1) is 24.6. The fourth-order valence-electron chi connectivity index (χ4n) is 9.77. The maximum absolute atomic E-state index is 17.0. The molecule has 5 aliphatic rings. The van der Waals surface area contributed by atoms with Crippen LogP contribution in [0.3, 0.4) is 0 Å². The Hall–Kier alpha value is -3.82. The number of phenolic OH excluding ortho intramolecular Hbond substituents is 1. The number of anilines is 1. The topological polar surface area (TPSA) is 103 Å². The zero-order valence-corrected chi connectivity index (χ0v) is 29.4. The molecule has 3 aromatic rings. The second-order valence-electron chi connectivity index (χ2n) is 15.7. The van der Waals surface area contributed by atoms with E-state index in [9.17, 15) is 14.6 Å². The molecule has 2 saturated heterocycles. The number of amidine groups is 1. The summed E-state index contributed by atoms with van der Waals surface area (Å²) in [6, 6.07) is 6.60. The third kappa shape index (κ3) is 6.14. The Bertz CT molecular complexity index is 1910. The number of pyridine rings is 1. The van der Waals surface area contributed by atoms with E-state index in [2.05, 4.69) is 21.1 Å². The Labute approximate surface area is 298 Å². The first kappa shape index (κ1) is 34.3. The predicted molar refractivity (Wildman–Crippen MR) is 192 cm³/mol. The van der Waals surface area contributed by atoms with Gasteiger partial charge in [0.25, 0.3) is 0 Å². The number of hydrogen-bond acceptors (Lipinski definition) is 9. The van der Waals surface area contributed by atoms with E-state index < -0.39 is 23.6 Å². The second-order valence-corrected chi connectivity index (χ2v) is 15.7. The first-order valence-electron chi connectivity index (χ1n) is 18.4. The standard InChI is InChI=1S/C40H47F2N5O4/c1-4-28-31(41)10-9-25-18-27(48)19-29(33(25)28)35-34(42)36-30(20-43-35)37(46-14-6-11-39(2,49)22-46)45-38(44-36)51-23-40-12-5-8-32(40)47(15-7-13-40)26-16-24(17-26)21-50-3/h1,9-10,18-20,24,26,32,38,44,48-49H,5-8,11-17,21-23H2,2-3H3/t24?,26?,32?,38?,39-,40-/m1/s1. The molecule has 51 heavy (non-hydrogen) atoms. The largest absolute Gasteiger partial charge is 0.508 e. The number of likely N-dealkylation sites (tertiary alicyclic amines) is 2. The number of benzene rings is 2. The number of terminal acetylenes is 1. The van der Waals surface area contributed by atoms with Crippen LogP contribution >= 0.6 is 0 Å². The van der Waals surface area contributed by atoms with Gasteiger partial charge >= 0.3 is 0 Å². The quantitative estimate of drug-likeness (QED) is 0.249. The van der Waals surface area contributed by atoms with Crippen LogP contribution in [0.1, 0.15) is 75.8 Å². The lowest BCUT2D eigenvalue weighted by molar-refractivity contribution is -0.0872. The molecule has 11 heteroatoms. The Balaban J connectivity index is 1.14. The molecular weight excluding hydrogens is 652 g/mol. The molecule has 0 amide bonds. The zero-order valence-electron chi connectivity index (χ0n) is 29.4. The highest BCUT2D eigenvalue weighted by atomic mass is 19.1. The molecule has 2 saturated carbocycles. The van der Waals surface area contributed by atoms with E-state index in [1.807, 2.05) is 4.90 Å². The van der Waals surface area contributed by atoms with Gasteiger partial charge in [-0.15, -0.1) is 6.42 Å². The van der Waals surface area contributed by atoms with Crippen LogP contribution in [-0.2, 0) is 9.47 Å². The number of phenols is 1. The van der Waals surface area contributed by atoms with Gasteiger partial charge in [0.1, 0.15) is 23.1 Å². The van der Waals surface area contributed by atoms with Crippen molar-refractivity contribution in [1.29, 1.82) is 0 Å². The van der Waals surface area contributed by atoms with Crippen molar-refractivity contribution in [3.05, 3.63) is 53.2 Å². The molecule has 0 bridgehead atoms. The van der Waals surface area contributed by atoms with Gasteiger partial charge in [-0.3, -0.25) is 9.88 Å². The summed E-state index contributed by atoms with van der Waals surface area (Å²) in [5, 5.41) is 25.7. The number of methoxy groups -OCH3 is 1. The lowest BCUT2D eigenvalue weighted by Gasteiger charge is -2.53. The molecule has 2 aromatic carbocycles. The van der Waals surface area contributed by atoms with E-state index in [1.54, 1.807) is 20.2 Å². The number of nitrogens with zero attached hydrogens (tertiary/aromatic N) is 4. The summed E-state index contributed by atoms with van der Waals surface area (Å²) >= 11 is 0. The number of aromatic hydroxyl groups is 1. The van der Waals surface area contributed by atoms with Crippen LogP contribution in [0.5, 0.6) is 5.75 Å². The maximum atomic E-state index is 17.0. The molecule has 270 valence electrons. The van der Waals surface area contributed by atoms with Crippen molar-refractivity contribution in [2.75, 3.05) is 45.3 Å². The Morgan fingerprint density at radius 1 is 1.10 bits per heavy atom. The minimum atomic E-state index is -0.935. The van der Waals surface area contributed by atoms with E-state index in [0.717, 1.165) is 51.7 Å². The number of aliphatic imine (C=N–C) groups is 1.